The van der Waals surface area contributed by atoms with E-state index < -0.39 is 0 Å². The van der Waals surface area contributed by atoms with Crippen LogP contribution >= 0.6 is 0 Å². The first-order valence-corrected chi connectivity index (χ1v) is 15.2. The largest absolute Gasteiger partial charge is 0.314 e. The van der Waals surface area contributed by atoms with Gasteiger partial charge in [0.05, 0.1) is 18.7 Å². The van der Waals surface area contributed by atoms with Gasteiger partial charge in [-0.05, 0) is 19.3 Å². The molecule has 2 aromatic heterocycles. The van der Waals surface area contributed by atoms with Crippen LogP contribution in [0.5, 0.6) is 0 Å². The average Bonchev–Trinajstić information content (AvgIpc) is 3.29. The van der Waals surface area contributed by atoms with Gasteiger partial charge in [0.15, 0.2) is 5.65 Å². The van der Waals surface area contributed by atoms with Crippen molar-refractivity contribution < 1.29 is 0 Å². The first-order valence-electron chi connectivity index (χ1n) is 15.2. The van der Waals surface area contributed by atoms with E-state index in [-0.39, 0.29) is 0 Å². The predicted octanol–water partition coefficient (Wildman–Crippen LogP) is 8.67. The van der Waals surface area contributed by atoms with Crippen LogP contribution in [0.4, 0.5) is 0 Å². The maximum absolute atomic E-state index is 5.94. The van der Waals surface area contributed by atoms with Gasteiger partial charge < -0.3 is 10.3 Å². The van der Waals surface area contributed by atoms with Gasteiger partial charge in [0.1, 0.15) is 11.3 Å². The monoisotopic (exact) mass is 485 g/mol. The number of aromatic nitrogens is 4. The van der Waals surface area contributed by atoms with E-state index in [0.717, 1.165) is 35.5 Å². The lowest BCUT2D eigenvalue weighted by molar-refractivity contribution is 0.552. The molecule has 0 saturated carbocycles. The second kappa shape index (κ2) is 19.7. The lowest BCUT2D eigenvalue weighted by Crippen LogP contribution is -2.08. The lowest BCUT2D eigenvalue weighted by atomic mass is 10.0. The third-order valence-electron chi connectivity index (χ3n) is 7.30. The van der Waals surface area contributed by atoms with Gasteiger partial charge in [-0.1, -0.05) is 129 Å². The van der Waals surface area contributed by atoms with E-state index in [2.05, 4.69) is 18.8 Å². The number of fused-ring (bicyclic) bond motifs is 1. The van der Waals surface area contributed by atoms with Crippen LogP contribution in [-0.2, 0) is 19.5 Å². The number of nitrogens with two attached hydrogens (primary N) is 1. The number of aryl methyl sites for hydroxylation is 2. The molecule has 0 atom stereocenters. The zero-order chi connectivity index (χ0) is 25.0. The zero-order valence-electron chi connectivity index (χ0n) is 23.2. The Balaban J connectivity index is 1.71. The number of hydrogen-bond acceptors (Lipinski definition) is 4. The van der Waals surface area contributed by atoms with Gasteiger partial charge >= 0.3 is 0 Å². The zero-order valence-corrected chi connectivity index (χ0v) is 23.2. The van der Waals surface area contributed by atoms with Gasteiger partial charge in [-0.15, -0.1) is 0 Å². The summed E-state index contributed by atoms with van der Waals surface area (Å²) in [6, 6.07) is 0. The van der Waals surface area contributed by atoms with Gasteiger partial charge in [-0.25, -0.2) is 15.0 Å². The molecule has 2 heterocycles. The molecule has 5 nitrogen and oxygen atoms in total. The molecule has 0 aliphatic heterocycles. The highest BCUT2D eigenvalue weighted by Gasteiger charge is 2.13. The second-order valence-electron chi connectivity index (χ2n) is 10.5. The van der Waals surface area contributed by atoms with Gasteiger partial charge in [0, 0.05) is 6.42 Å². The number of hydrogen-bond donors (Lipinski definition) is 1. The van der Waals surface area contributed by atoms with Crippen molar-refractivity contribution in [2.24, 2.45) is 5.73 Å². The molecule has 2 rings (SSSR count). The van der Waals surface area contributed by atoms with E-state index >= 15 is 0 Å². The fourth-order valence-electron chi connectivity index (χ4n) is 5.02. The molecule has 0 unspecified atom stereocenters. The summed E-state index contributed by atoms with van der Waals surface area (Å²) in [6.07, 6.45) is 30.9. The van der Waals surface area contributed by atoms with Gasteiger partial charge in [-0.3, -0.25) is 0 Å². The molecule has 0 bridgehead atoms. The Bertz CT molecular complexity index is 769. The number of imidazole rings is 1. The molecule has 0 aliphatic carbocycles. The van der Waals surface area contributed by atoms with E-state index in [4.69, 9.17) is 15.7 Å². The Morgan fingerprint density at radius 1 is 0.600 bits per heavy atom. The van der Waals surface area contributed by atoms with Crippen LogP contribution in [0.1, 0.15) is 154 Å². The quantitative estimate of drug-likeness (QED) is 0.160. The summed E-state index contributed by atoms with van der Waals surface area (Å²) >= 11 is 0. The third kappa shape index (κ3) is 12.3. The topological polar surface area (TPSA) is 69.6 Å². The average molecular weight is 486 g/mol. The van der Waals surface area contributed by atoms with Crippen LogP contribution in [0.25, 0.3) is 11.2 Å². The fraction of sp³-hybridized carbons (Fsp3) is 0.833. The summed E-state index contributed by atoms with van der Waals surface area (Å²) in [4.78, 5) is 14.4. The van der Waals surface area contributed by atoms with Crippen molar-refractivity contribution in [1.82, 2.24) is 19.5 Å². The standard InChI is InChI=1S/C30H55N5/c1-3-5-7-9-11-13-15-17-19-21-23-27-29-30(35(25-31)26-32-29)34-28(33-27)24-22-20-18-16-14-12-10-8-6-4-2/h26H,3-25,31H2,1-2H3. The number of nitrogens with zero attached hydrogens (tertiary/aromatic N) is 4. The minimum atomic E-state index is 0.420. The van der Waals surface area contributed by atoms with E-state index in [1.54, 1.807) is 0 Å². The summed E-state index contributed by atoms with van der Waals surface area (Å²) in [6.45, 7) is 4.99. The van der Waals surface area contributed by atoms with Crippen molar-refractivity contribution in [3.8, 4) is 0 Å². The molecular formula is C30H55N5. The molecule has 0 fully saturated rings. The van der Waals surface area contributed by atoms with Gasteiger partial charge in [-0.2, -0.15) is 0 Å². The smallest absolute Gasteiger partial charge is 0.164 e. The van der Waals surface area contributed by atoms with Crippen molar-refractivity contribution in [3.63, 3.8) is 0 Å². The molecule has 0 aliphatic rings. The molecule has 0 saturated heterocycles. The van der Waals surface area contributed by atoms with Crippen LogP contribution in [0.15, 0.2) is 6.33 Å². The van der Waals surface area contributed by atoms with Crippen LogP contribution in [0, 0.1) is 0 Å². The van der Waals surface area contributed by atoms with Crippen molar-refractivity contribution >= 4 is 11.2 Å². The highest BCUT2D eigenvalue weighted by Crippen LogP contribution is 2.19. The lowest BCUT2D eigenvalue weighted by Gasteiger charge is -2.08. The van der Waals surface area contributed by atoms with E-state index in [0.29, 0.717) is 6.67 Å². The first kappa shape index (κ1) is 29.7. The normalized spacial score (nSPS) is 11.6. The van der Waals surface area contributed by atoms with E-state index in [1.165, 1.54) is 128 Å². The molecule has 200 valence electrons. The SMILES string of the molecule is CCCCCCCCCCCCc1nc(CCCCCCCCCCCC)c2ncn(CN)c2n1. The first-order chi connectivity index (χ1) is 17.3. The number of rotatable bonds is 23. The van der Waals surface area contributed by atoms with Gasteiger partial charge in [0.25, 0.3) is 0 Å². The van der Waals surface area contributed by atoms with Crippen LogP contribution in [0.2, 0.25) is 0 Å². The van der Waals surface area contributed by atoms with E-state index in [1.807, 2.05) is 10.9 Å². The highest BCUT2D eigenvalue weighted by atomic mass is 15.2. The second-order valence-corrected chi connectivity index (χ2v) is 10.5. The molecule has 0 amide bonds. The van der Waals surface area contributed by atoms with Crippen molar-refractivity contribution in [3.05, 3.63) is 17.8 Å². The maximum atomic E-state index is 5.94. The Labute approximate surface area is 216 Å². The summed E-state index contributed by atoms with van der Waals surface area (Å²) in [7, 11) is 0. The van der Waals surface area contributed by atoms with Crippen molar-refractivity contribution in [2.75, 3.05) is 0 Å². The highest BCUT2D eigenvalue weighted by molar-refractivity contribution is 5.73. The van der Waals surface area contributed by atoms with Gasteiger partial charge in [0.2, 0.25) is 0 Å². The maximum Gasteiger partial charge on any atom is 0.164 e. The summed E-state index contributed by atoms with van der Waals surface area (Å²) in [5.41, 5.74) is 8.94. The molecule has 0 aromatic carbocycles. The minimum Gasteiger partial charge on any atom is -0.314 e. The molecule has 35 heavy (non-hydrogen) atoms. The van der Waals surface area contributed by atoms with E-state index in [9.17, 15) is 0 Å². The molecule has 0 radical (unpaired) electrons. The molecule has 0 spiro atoms. The summed E-state index contributed by atoms with van der Waals surface area (Å²) in [5, 5.41) is 0. The predicted molar refractivity (Wildman–Crippen MR) is 151 cm³/mol. The Morgan fingerprint density at radius 3 is 1.54 bits per heavy atom. The minimum absolute atomic E-state index is 0.420. The molecular weight excluding hydrogens is 430 g/mol. The fourth-order valence-corrected chi connectivity index (χ4v) is 5.02. The Hall–Kier alpha value is -1.49. The molecule has 2 N–H and O–H groups in total. The molecule has 2 aromatic rings. The van der Waals surface area contributed by atoms with Crippen LogP contribution in [0.3, 0.4) is 0 Å². The number of unbranched alkanes of at least 4 members (excludes halogenated alkanes) is 18. The molecule has 5 heteroatoms. The van der Waals surface area contributed by atoms with Crippen molar-refractivity contribution in [1.29, 1.82) is 0 Å². The van der Waals surface area contributed by atoms with Crippen molar-refractivity contribution in [2.45, 2.75) is 162 Å². The Kier molecular flexibility index (Phi) is 16.7. The summed E-state index contributed by atoms with van der Waals surface area (Å²) < 4.78 is 1.96. The van der Waals surface area contributed by atoms with Crippen LogP contribution in [-0.4, -0.2) is 19.5 Å². The van der Waals surface area contributed by atoms with Crippen LogP contribution < -0.4 is 5.73 Å². The Morgan fingerprint density at radius 2 is 1.06 bits per heavy atom. The summed E-state index contributed by atoms with van der Waals surface area (Å²) in [5.74, 6) is 0.981. The third-order valence-corrected chi connectivity index (χ3v) is 7.30.